The van der Waals surface area contributed by atoms with Gasteiger partial charge in [-0.3, -0.25) is 5.32 Å². The summed E-state index contributed by atoms with van der Waals surface area (Å²) in [5.41, 5.74) is 1.80. The predicted molar refractivity (Wildman–Crippen MR) is 96.7 cm³/mol. The fourth-order valence-corrected chi connectivity index (χ4v) is 2.71. The van der Waals surface area contributed by atoms with Gasteiger partial charge in [0.1, 0.15) is 12.4 Å². The van der Waals surface area contributed by atoms with Crippen molar-refractivity contribution in [1.82, 2.24) is 4.98 Å². The summed E-state index contributed by atoms with van der Waals surface area (Å²) in [6, 6.07) is 16.9. The first-order chi connectivity index (χ1) is 11.7. The highest BCUT2D eigenvalue weighted by molar-refractivity contribution is 7.15. The van der Waals surface area contributed by atoms with Crippen molar-refractivity contribution in [1.29, 1.82) is 0 Å². The van der Waals surface area contributed by atoms with Gasteiger partial charge in [0.05, 0.1) is 0 Å². The number of aryl methyl sites for hydroxylation is 1. The van der Waals surface area contributed by atoms with Gasteiger partial charge in [-0.2, -0.15) is 0 Å². The molecule has 0 aliphatic carbocycles. The normalized spacial score (nSPS) is 10.2. The Labute approximate surface area is 144 Å². The van der Waals surface area contributed by atoms with Crippen LogP contribution in [0.25, 0.3) is 0 Å². The molecule has 0 unspecified atom stereocenters. The van der Waals surface area contributed by atoms with Gasteiger partial charge in [-0.05, 0) is 36.8 Å². The molecule has 0 atom stereocenters. The van der Waals surface area contributed by atoms with E-state index < -0.39 is 0 Å². The molecule has 5 nitrogen and oxygen atoms in total. The largest absolute Gasteiger partial charge is 0.489 e. The second-order valence-corrected chi connectivity index (χ2v) is 6.39. The fourth-order valence-electron chi connectivity index (χ4n) is 2.05. The number of thiazole rings is 1. The average Bonchev–Trinajstić information content (AvgIpc) is 3.00. The molecule has 2 aromatic carbocycles. The first-order valence-corrected chi connectivity index (χ1v) is 8.28. The fraction of sp³-hybridized carbons (Fsp3) is 0.111. The van der Waals surface area contributed by atoms with Gasteiger partial charge in [0.25, 0.3) is 0 Å². The third kappa shape index (κ3) is 4.57. The summed E-state index contributed by atoms with van der Waals surface area (Å²) in [7, 11) is 0. The third-order valence-electron chi connectivity index (χ3n) is 3.20. The highest BCUT2D eigenvalue weighted by Crippen LogP contribution is 2.19. The molecule has 0 saturated carbocycles. The lowest BCUT2D eigenvalue weighted by Crippen LogP contribution is -2.19. The van der Waals surface area contributed by atoms with Crippen LogP contribution in [0.15, 0.2) is 60.8 Å². The van der Waals surface area contributed by atoms with Gasteiger partial charge in [-0.15, -0.1) is 11.3 Å². The second-order valence-electron chi connectivity index (χ2n) is 5.15. The Balaban J connectivity index is 1.51. The first-order valence-electron chi connectivity index (χ1n) is 7.46. The molecule has 0 radical (unpaired) electrons. The van der Waals surface area contributed by atoms with Crippen LogP contribution in [0.5, 0.6) is 5.75 Å². The average molecular weight is 339 g/mol. The Bertz CT molecular complexity index is 801. The molecule has 24 heavy (non-hydrogen) atoms. The maximum absolute atomic E-state index is 11.9. The summed E-state index contributed by atoms with van der Waals surface area (Å²) in [5.74, 6) is 0.750. The number of carbonyl (C=O) groups excluding carboxylic acids is 1. The minimum atomic E-state index is -0.317. The van der Waals surface area contributed by atoms with Crippen LogP contribution >= 0.6 is 11.3 Å². The number of hydrogen-bond donors (Lipinski definition) is 2. The van der Waals surface area contributed by atoms with E-state index in [-0.39, 0.29) is 6.03 Å². The second kappa shape index (κ2) is 7.61. The Morgan fingerprint density at radius 3 is 2.50 bits per heavy atom. The molecule has 0 spiro atoms. The Morgan fingerprint density at radius 1 is 1.08 bits per heavy atom. The molecule has 0 aliphatic rings. The van der Waals surface area contributed by atoms with Gasteiger partial charge in [-0.25, -0.2) is 9.78 Å². The van der Waals surface area contributed by atoms with Crippen molar-refractivity contribution >= 4 is 28.2 Å². The quantitative estimate of drug-likeness (QED) is 0.710. The summed E-state index contributed by atoms with van der Waals surface area (Å²) in [6.45, 7) is 2.45. The maximum atomic E-state index is 11.9. The Morgan fingerprint density at radius 2 is 1.83 bits per heavy atom. The summed E-state index contributed by atoms with van der Waals surface area (Å²) in [5, 5.41) is 6.04. The van der Waals surface area contributed by atoms with Crippen LogP contribution in [-0.2, 0) is 6.61 Å². The molecule has 6 heteroatoms. The van der Waals surface area contributed by atoms with Crippen LogP contribution in [0.1, 0.15) is 10.4 Å². The number of nitrogens with zero attached hydrogens (tertiary/aromatic N) is 1. The van der Waals surface area contributed by atoms with Crippen molar-refractivity contribution in [2.24, 2.45) is 0 Å². The number of carbonyl (C=O) groups is 1. The summed E-state index contributed by atoms with van der Waals surface area (Å²) >= 11 is 1.43. The standard InChI is InChI=1S/C18H17N3O2S/c1-13-11-19-18(24-13)21-17(22)20-15-7-9-16(10-8-15)23-12-14-5-3-2-4-6-14/h2-11H,12H2,1H3,(H2,19,20,21,22). The number of hydrogen-bond acceptors (Lipinski definition) is 4. The molecule has 1 aromatic heterocycles. The van der Waals surface area contributed by atoms with Gasteiger partial charge in [0.15, 0.2) is 5.13 Å². The molecular weight excluding hydrogens is 322 g/mol. The maximum Gasteiger partial charge on any atom is 0.325 e. The van der Waals surface area contributed by atoms with Crippen molar-refractivity contribution in [2.75, 3.05) is 10.6 Å². The Hall–Kier alpha value is -2.86. The van der Waals surface area contributed by atoms with Crippen molar-refractivity contribution in [3.05, 3.63) is 71.2 Å². The molecule has 3 rings (SSSR count). The number of urea groups is 1. The van der Waals surface area contributed by atoms with Crippen molar-refractivity contribution in [3.63, 3.8) is 0 Å². The van der Waals surface area contributed by atoms with E-state index in [1.807, 2.05) is 49.4 Å². The van der Waals surface area contributed by atoms with Crippen LogP contribution in [0, 0.1) is 6.92 Å². The van der Waals surface area contributed by atoms with E-state index in [9.17, 15) is 4.79 Å². The molecule has 3 aromatic rings. The van der Waals surface area contributed by atoms with Gasteiger partial charge in [0.2, 0.25) is 0 Å². The number of aromatic nitrogens is 1. The first kappa shape index (κ1) is 16.0. The molecule has 122 valence electrons. The molecule has 0 fully saturated rings. The van der Waals surface area contributed by atoms with E-state index in [4.69, 9.17) is 4.74 Å². The number of benzene rings is 2. The minimum absolute atomic E-state index is 0.317. The molecule has 0 saturated heterocycles. The smallest absolute Gasteiger partial charge is 0.325 e. The van der Waals surface area contributed by atoms with Crippen molar-refractivity contribution in [3.8, 4) is 5.75 Å². The van der Waals surface area contributed by atoms with Crippen LogP contribution in [0.4, 0.5) is 15.6 Å². The van der Waals surface area contributed by atoms with E-state index in [0.29, 0.717) is 17.4 Å². The van der Waals surface area contributed by atoms with Crippen LogP contribution < -0.4 is 15.4 Å². The lowest BCUT2D eigenvalue weighted by molar-refractivity contribution is 0.262. The Kier molecular flexibility index (Phi) is 5.08. The van der Waals surface area contributed by atoms with E-state index in [2.05, 4.69) is 15.6 Å². The number of rotatable bonds is 5. The molecule has 1 heterocycles. The molecule has 2 N–H and O–H groups in total. The minimum Gasteiger partial charge on any atom is -0.489 e. The van der Waals surface area contributed by atoms with E-state index in [1.165, 1.54) is 11.3 Å². The highest BCUT2D eigenvalue weighted by Gasteiger charge is 2.05. The van der Waals surface area contributed by atoms with Gasteiger partial charge in [0, 0.05) is 16.8 Å². The monoisotopic (exact) mass is 339 g/mol. The van der Waals surface area contributed by atoms with Crippen molar-refractivity contribution in [2.45, 2.75) is 13.5 Å². The summed E-state index contributed by atoms with van der Waals surface area (Å²) in [4.78, 5) is 17.0. The number of anilines is 2. The van der Waals surface area contributed by atoms with E-state index in [0.717, 1.165) is 16.2 Å². The zero-order chi connectivity index (χ0) is 16.8. The van der Waals surface area contributed by atoms with E-state index >= 15 is 0 Å². The van der Waals surface area contributed by atoms with Crippen LogP contribution in [0.3, 0.4) is 0 Å². The lowest BCUT2D eigenvalue weighted by Gasteiger charge is -2.08. The summed E-state index contributed by atoms with van der Waals surface area (Å²) in [6.07, 6.45) is 1.72. The van der Waals surface area contributed by atoms with Crippen molar-refractivity contribution < 1.29 is 9.53 Å². The van der Waals surface area contributed by atoms with Crippen LogP contribution in [-0.4, -0.2) is 11.0 Å². The number of nitrogens with one attached hydrogen (secondary N) is 2. The molecule has 0 bridgehead atoms. The van der Waals surface area contributed by atoms with Gasteiger partial charge < -0.3 is 10.1 Å². The molecular formula is C18H17N3O2S. The van der Waals surface area contributed by atoms with Gasteiger partial charge in [-0.1, -0.05) is 30.3 Å². The molecule has 2 amide bonds. The SMILES string of the molecule is Cc1cnc(NC(=O)Nc2ccc(OCc3ccccc3)cc2)s1. The number of ether oxygens (including phenoxy) is 1. The highest BCUT2D eigenvalue weighted by atomic mass is 32.1. The van der Waals surface area contributed by atoms with Gasteiger partial charge >= 0.3 is 6.03 Å². The van der Waals surface area contributed by atoms with Crippen LogP contribution in [0.2, 0.25) is 0 Å². The topological polar surface area (TPSA) is 63.2 Å². The third-order valence-corrected chi connectivity index (χ3v) is 4.03. The zero-order valence-electron chi connectivity index (χ0n) is 13.2. The molecule has 0 aliphatic heterocycles. The lowest BCUT2D eigenvalue weighted by atomic mass is 10.2. The summed E-state index contributed by atoms with van der Waals surface area (Å²) < 4.78 is 5.71. The zero-order valence-corrected chi connectivity index (χ0v) is 14.0. The predicted octanol–water partition coefficient (Wildman–Crippen LogP) is 4.67. The number of amides is 2. The van der Waals surface area contributed by atoms with E-state index in [1.54, 1.807) is 18.3 Å².